The van der Waals surface area contributed by atoms with Crippen LogP contribution in [0.4, 0.5) is 5.69 Å². The number of aliphatic hydroxyl groups excluding tert-OH is 1. The summed E-state index contributed by atoms with van der Waals surface area (Å²) in [5, 5.41) is 20.0. The molecule has 0 bridgehead atoms. The van der Waals surface area contributed by atoms with Gasteiger partial charge in [0.1, 0.15) is 5.75 Å². The normalized spacial score (nSPS) is 23.9. The SMILES string of the molecule is CN(C)c1c(O)cccc1CC1CCCCC1O. The molecule has 0 saturated heterocycles. The zero-order chi connectivity index (χ0) is 13.1. The first-order chi connectivity index (χ1) is 8.59. The molecule has 1 saturated carbocycles. The number of para-hydroxylation sites is 1. The summed E-state index contributed by atoms with van der Waals surface area (Å²) in [5.74, 6) is 0.655. The lowest BCUT2D eigenvalue weighted by Gasteiger charge is -2.29. The third kappa shape index (κ3) is 2.78. The number of phenols is 1. The van der Waals surface area contributed by atoms with Crippen LogP contribution in [-0.4, -0.2) is 30.4 Å². The molecule has 0 heterocycles. The van der Waals surface area contributed by atoms with E-state index in [9.17, 15) is 10.2 Å². The molecular weight excluding hydrogens is 226 g/mol. The minimum Gasteiger partial charge on any atom is -0.506 e. The minimum absolute atomic E-state index is 0.184. The molecule has 100 valence electrons. The van der Waals surface area contributed by atoms with Gasteiger partial charge in [0, 0.05) is 14.1 Å². The van der Waals surface area contributed by atoms with Gasteiger partial charge >= 0.3 is 0 Å². The molecule has 0 aliphatic heterocycles. The van der Waals surface area contributed by atoms with Gasteiger partial charge in [-0.05, 0) is 36.8 Å². The van der Waals surface area contributed by atoms with Gasteiger partial charge in [-0.15, -0.1) is 0 Å². The fraction of sp³-hybridized carbons (Fsp3) is 0.600. The first-order valence-corrected chi connectivity index (χ1v) is 6.76. The van der Waals surface area contributed by atoms with E-state index in [1.54, 1.807) is 6.07 Å². The molecule has 2 unspecified atom stereocenters. The Kier molecular flexibility index (Phi) is 4.12. The van der Waals surface area contributed by atoms with E-state index in [1.807, 2.05) is 25.1 Å². The number of aliphatic hydroxyl groups is 1. The van der Waals surface area contributed by atoms with E-state index in [0.29, 0.717) is 11.7 Å². The minimum atomic E-state index is -0.184. The molecule has 0 radical (unpaired) electrons. The number of anilines is 1. The summed E-state index contributed by atoms with van der Waals surface area (Å²) in [7, 11) is 3.88. The van der Waals surface area contributed by atoms with Gasteiger partial charge < -0.3 is 15.1 Å². The third-order valence-electron chi connectivity index (χ3n) is 3.90. The molecule has 0 aromatic heterocycles. The van der Waals surface area contributed by atoms with Gasteiger partial charge in [0.25, 0.3) is 0 Å². The average Bonchev–Trinajstić information content (AvgIpc) is 2.31. The number of nitrogens with zero attached hydrogens (tertiary/aromatic N) is 1. The van der Waals surface area contributed by atoms with Crippen molar-refractivity contribution in [1.82, 2.24) is 0 Å². The van der Waals surface area contributed by atoms with E-state index in [2.05, 4.69) is 6.07 Å². The van der Waals surface area contributed by atoms with E-state index >= 15 is 0 Å². The molecular formula is C15H23NO2. The molecule has 0 amide bonds. The van der Waals surface area contributed by atoms with Crippen molar-refractivity contribution in [2.24, 2.45) is 5.92 Å². The Hall–Kier alpha value is -1.22. The molecule has 1 aromatic rings. The Labute approximate surface area is 109 Å². The van der Waals surface area contributed by atoms with Gasteiger partial charge in [0.05, 0.1) is 11.8 Å². The maximum atomic E-state index is 10.1. The van der Waals surface area contributed by atoms with Crippen molar-refractivity contribution in [3.05, 3.63) is 23.8 Å². The van der Waals surface area contributed by atoms with Crippen LogP contribution >= 0.6 is 0 Å². The molecule has 2 N–H and O–H groups in total. The molecule has 1 aliphatic rings. The molecule has 2 atom stereocenters. The number of benzene rings is 1. The number of hydrogen-bond donors (Lipinski definition) is 2. The molecule has 1 fully saturated rings. The average molecular weight is 249 g/mol. The van der Waals surface area contributed by atoms with Crippen molar-refractivity contribution >= 4 is 5.69 Å². The summed E-state index contributed by atoms with van der Waals surface area (Å²) in [4.78, 5) is 1.94. The Morgan fingerprint density at radius 1 is 1.22 bits per heavy atom. The highest BCUT2D eigenvalue weighted by atomic mass is 16.3. The smallest absolute Gasteiger partial charge is 0.139 e. The van der Waals surface area contributed by atoms with E-state index in [4.69, 9.17) is 0 Å². The lowest BCUT2D eigenvalue weighted by molar-refractivity contribution is 0.0700. The van der Waals surface area contributed by atoms with Crippen molar-refractivity contribution in [3.63, 3.8) is 0 Å². The largest absolute Gasteiger partial charge is 0.506 e. The topological polar surface area (TPSA) is 43.7 Å². The van der Waals surface area contributed by atoms with Gasteiger partial charge in [0.2, 0.25) is 0 Å². The van der Waals surface area contributed by atoms with Crippen LogP contribution in [0.1, 0.15) is 31.2 Å². The maximum absolute atomic E-state index is 10.1. The van der Waals surface area contributed by atoms with E-state index in [1.165, 1.54) is 6.42 Å². The number of phenolic OH excluding ortho intramolecular Hbond substituents is 1. The van der Waals surface area contributed by atoms with Crippen LogP contribution in [0.5, 0.6) is 5.75 Å². The van der Waals surface area contributed by atoms with Crippen LogP contribution in [0, 0.1) is 5.92 Å². The van der Waals surface area contributed by atoms with Crippen LogP contribution in [0.25, 0.3) is 0 Å². The van der Waals surface area contributed by atoms with Crippen LogP contribution in [-0.2, 0) is 6.42 Å². The standard InChI is InChI=1S/C15H23NO2/c1-16(2)15-12(7-5-9-14(15)18)10-11-6-3-4-8-13(11)17/h5,7,9,11,13,17-18H,3-4,6,8,10H2,1-2H3. The highest BCUT2D eigenvalue weighted by Crippen LogP contribution is 2.34. The lowest BCUT2D eigenvalue weighted by atomic mass is 9.82. The summed E-state index contributed by atoms with van der Waals surface area (Å²) < 4.78 is 0. The fourth-order valence-corrected chi connectivity index (χ4v) is 2.97. The first-order valence-electron chi connectivity index (χ1n) is 6.76. The van der Waals surface area contributed by atoms with E-state index in [0.717, 1.165) is 36.9 Å². The molecule has 1 aromatic carbocycles. The van der Waals surface area contributed by atoms with Crippen molar-refractivity contribution < 1.29 is 10.2 Å². The Morgan fingerprint density at radius 2 is 1.94 bits per heavy atom. The summed E-state index contributed by atoms with van der Waals surface area (Å²) in [6, 6.07) is 5.65. The summed E-state index contributed by atoms with van der Waals surface area (Å²) in [6.45, 7) is 0. The Bertz CT molecular complexity index is 403. The predicted molar refractivity (Wildman–Crippen MR) is 74.1 cm³/mol. The first kappa shape index (κ1) is 13.2. The predicted octanol–water partition coefficient (Wildman–Crippen LogP) is 2.55. The molecule has 18 heavy (non-hydrogen) atoms. The summed E-state index contributed by atoms with van der Waals surface area (Å²) >= 11 is 0. The fourth-order valence-electron chi connectivity index (χ4n) is 2.97. The second kappa shape index (κ2) is 5.61. The number of rotatable bonds is 3. The van der Waals surface area contributed by atoms with Crippen molar-refractivity contribution in [2.45, 2.75) is 38.2 Å². The zero-order valence-electron chi connectivity index (χ0n) is 11.3. The molecule has 0 spiro atoms. The summed E-state index contributed by atoms with van der Waals surface area (Å²) in [6.07, 6.45) is 5.01. The highest BCUT2D eigenvalue weighted by molar-refractivity contribution is 5.62. The summed E-state index contributed by atoms with van der Waals surface area (Å²) in [5.41, 5.74) is 2.02. The number of hydrogen-bond acceptors (Lipinski definition) is 3. The van der Waals surface area contributed by atoms with Crippen LogP contribution in [0.2, 0.25) is 0 Å². The van der Waals surface area contributed by atoms with Gasteiger partial charge in [0.15, 0.2) is 0 Å². The van der Waals surface area contributed by atoms with E-state index in [-0.39, 0.29) is 6.10 Å². The van der Waals surface area contributed by atoms with Crippen LogP contribution in [0.15, 0.2) is 18.2 Å². The lowest BCUT2D eigenvalue weighted by Crippen LogP contribution is -2.26. The highest BCUT2D eigenvalue weighted by Gasteiger charge is 2.24. The molecule has 1 aliphatic carbocycles. The maximum Gasteiger partial charge on any atom is 0.139 e. The van der Waals surface area contributed by atoms with Crippen molar-refractivity contribution in [1.29, 1.82) is 0 Å². The van der Waals surface area contributed by atoms with Gasteiger partial charge in [-0.1, -0.05) is 25.0 Å². The quantitative estimate of drug-likeness (QED) is 0.865. The van der Waals surface area contributed by atoms with Crippen molar-refractivity contribution in [3.8, 4) is 5.75 Å². The molecule has 3 nitrogen and oxygen atoms in total. The van der Waals surface area contributed by atoms with Gasteiger partial charge in [-0.2, -0.15) is 0 Å². The Morgan fingerprint density at radius 3 is 2.61 bits per heavy atom. The van der Waals surface area contributed by atoms with Crippen molar-refractivity contribution in [2.75, 3.05) is 19.0 Å². The number of aromatic hydroxyl groups is 1. The third-order valence-corrected chi connectivity index (χ3v) is 3.90. The van der Waals surface area contributed by atoms with Gasteiger partial charge in [-0.3, -0.25) is 0 Å². The van der Waals surface area contributed by atoms with Gasteiger partial charge in [-0.25, -0.2) is 0 Å². The second-order valence-corrected chi connectivity index (χ2v) is 5.50. The monoisotopic (exact) mass is 249 g/mol. The second-order valence-electron chi connectivity index (χ2n) is 5.50. The zero-order valence-corrected chi connectivity index (χ0v) is 11.3. The Balaban J connectivity index is 2.20. The van der Waals surface area contributed by atoms with E-state index < -0.39 is 0 Å². The molecule has 3 heteroatoms. The van der Waals surface area contributed by atoms with Crippen LogP contribution in [0.3, 0.4) is 0 Å². The molecule has 2 rings (SSSR count). The van der Waals surface area contributed by atoms with Crippen LogP contribution < -0.4 is 4.90 Å².